The van der Waals surface area contributed by atoms with E-state index in [9.17, 15) is 0 Å². The van der Waals surface area contributed by atoms with E-state index in [4.69, 9.17) is 9.31 Å². The third-order valence-electron chi connectivity index (χ3n) is 1.71. The molecule has 0 radical (unpaired) electrons. The molecule has 0 amide bonds. The summed E-state index contributed by atoms with van der Waals surface area (Å²) in [6.07, 6.45) is 1.97. The van der Waals surface area contributed by atoms with Crippen molar-refractivity contribution in [1.82, 2.24) is 0 Å². The van der Waals surface area contributed by atoms with Crippen LogP contribution in [0.1, 0.15) is 5.56 Å². The Morgan fingerprint density at radius 3 is 2.23 bits per heavy atom. The minimum atomic E-state index is -0.264. The lowest BCUT2D eigenvalue weighted by Crippen LogP contribution is -2.15. The van der Waals surface area contributed by atoms with Crippen LogP contribution in [0.4, 0.5) is 0 Å². The van der Waals surface area contributed by atoms with Crippen molar-refractivity contribution in [3.05, 3.63) is 41.9 Å². The first kappa shape index (κ1) is 10.0. The standard InChI is InChI=1S/C10H13BO2/c1-12-11(13-2)9-8-10-6-4-3-5-7-10/h3-9H,1-2H3. The molecule has 2 nitrogen and oxygen atoms in total. The Kier molecular flexibility index (Phi) is 4.29. The summed E-state index contributed by atoms with van der Waals surface area (Å²) in [7, 11) is 2.97. The van der Waals surface area contributed by atoms with Gasteiger partial charge in [0.2, 0.25) is 0 Å². The van der Waals surface area contributed by atoms with E-state index in [0.717, 1.165) is 5.56 Å². The van der Waals surface area contributed by atoms with Gasteiger partial charge in [-0.15, -0.1) is 0 Å². The average molecular weight is 176 g/mol. The SMILES string of the molecule is COB(C=Cc1ccccc1)OC. The first-order valence-corrected chi connectivity index (χ1v) is 4.15. The van der Waals surface area contributed by atoms with Gasteiger partial charge in [0.25, 0.3) is 0 Å². The molecule has 0 spiro atoms. The van der Waals surface area contributed by atoms with Crippen LogP contribution in [0.5, 0.6) is 0 Å². The largest absolute Gasteiger partial charge is 0.485 e. The first-order chi connectivity index (χ1) is 6.36. The fraction of sp³-hybridized carbons (Fsp3) is 0.200. The molecule has 0 saturated carbocycles. The second-order valence-corrected chi connectivity index (χ2v) is 2.61. The maximum Gasteiger partial charge on any atom is 0.485 e. The molecular weight excluding hydrogens is 163 g/mol. The highest BCUT2D eigenvalue weighted by molar-refractivity contribution is 6.51. The number of benzene rings is 1. The molecule has 1 rings (SSSR count). The minimum Gasteiger partial charge on any atom is -0.410 e. The van der Waals surface area contributed by atoms with E-state index in [-0.39, 0.29) is 7.12 Å². The van der Waals surface area contributed by atoms with Crippen LogP contribution in [-0.2, 0) is 9.31 Å². The van der Waals surface area contributed by atoms with E-state index >= 15 is 0 Å². The van der Waals surface area contributed by atoms with Gasteiger partial charge in [-0.1, -0.05) is 42.4 Å². The van der Waals surface area contributed by atoms with Crippen molar-refractivity contribution in [3.63, 3.8) is 0 Å². The van der Waals surface area contributed by atoms with Crippen LogP contribution in [0.25, 0.3) is 6.08 Å². The number of hydrogen-bond donors (Lipinski definition) is 0. The van der Waals surface area contributed by atoms with Crippen LogP contribution in [0.15, 0.2) is 36.3 Å². The Labute approximate surface area is 79.3 Å². The van der Waals surface area contributed by atoms with Crippen LogP contribution in [0.2, 0.25) is 0 Å². The van der Waals surface area contributed by atoms with Gasteiger partial charge in [0.1, 0.15) is 0 Å². The predicted molar refractivity (Wildman–Crippen MR) is 55.2 cm³/mol. The predicted octanol–water partition coefficient (Wildman–Crippen LogP) is 2.02. The van der Waals surface area contributed by atoms with E-state index in [1.54, 1.807) is 14.2 Å². The number of rotatable bonds is 4. The highest BCUT2D eigenvalue weighted by Crippen LogP contribution is 2.01. The number of hydrogen-bond acceptors (Lipinski definition) is 2. The van der Waals surface area contributed by atoms with Crippen molar-refractivity contribution in [3.8, 4) is 0 Å². The third kappa shape index (κ3) is 3.44. The van der Waals surface area contributed by atoms with Crippen molar-refractivity contribution in [2.75, 3.05) is 14.2 Å². The van der Waals surface area contributed by atoms with Crippen LogP contribution in [0, 0.1) is 0 Å². The molecule has 0 N–H and O–H groups in total. The van der Waals surface area contributed by atoms with Gasteiger partial charge in [0.15, 0.2) is 0 Å². The second-order valence-electron chi connectivity index (χ2n) is 2.61. The third-order valence-corrected chi connectivity index (χ3v) is 1.71. The molecule has 0 atom stereocenters. The molecule has 13 heavy (non-hydrogen) atoms. The summed E-state index contributed by atoms with van der Waals surface area (Å²) in [4.78, 5) is 0. The van der Waals surface area contributed by atoms with Crippen molar-refractivity contribution in [1.29, 1.82) is 0 Å². The summed E-state index contributed by atoms with van der Waals surface area (Å²) in [5, 5.41) is 0. The minimum absolute atomic E-state index is 0.264. The van der Waals surface area contributed by atoms with Crippen LogP contribution in [0.3, 0.4) is 0 Å². The molecule has 0 saturated heterocycles. The van der Waals surface area contributed by atoms with Gasteiger partial charge >= 0.3 is 7.12 Å². The van der Waals surface area contributed by atoms with Crippen molar-refractivity contribution in [2.24, 2.45) is 0 Å². The van der Waals surface area contributed by atoms with Gasteiger partial charge in [0.05, 0.1) is 0 Å². The highest BCUT2D eigenvalue weighted by Gasteiger charge is 2.07. The summed E-state index contributed by atoms with van der Waals surface area (Å²) >= 11 is 0. The Morgan fingerprint density at radius 1 is 1.08 bits per heavy atom. The molecule has 3 heteroatoms. The van der Waals surface area contributed by atoms with E-state index in [1.165, 1.54) is 0 Å². The lowest BCUT2D eigenvalue weighted by Gasteiger charge is -2.01. The van der Waals surface area contributed by atoms with Gasteiger partial charge in [0, 0.05) is 14.2 Å². The van der Waals surface area contributed by atoms with Gasteiger partial charge in [-0.05, 0) is 5.56 Å². The van der Waals surface area contributed by atoms with Crippen molar-refractivity contribution < 1.29 is 9.31 Å². The zero-order valence-corrected chi connectivity index (χ0v) is 7.94. The van der Waals surface area contributed by atoms with Crippen LogP contribution >= 0.6 is 0 Å². The molecule has 0 bridgehead atoms. The fourth-order valence-electron chi connectivity index (χ4n) is 1.01. The van der Waals surface area contributed by atoms with Gasteiger partial charge in [-0.3, -0.25) is 0 Å². The average Bonchev–Trinajstić information content (AvgIpc) is 2.21. The molecule has 0 aliphatic heterocycles. The molecular formula is C10H13BO2. The lowest BCUT2D eigenvalue weighted by atomic mass is 9.89. The van der Waals surface area contributed by atoms with Crippen LogP contribution in [-0.4, -0.2) is 21.3 Å². The zero-order chi connectivity index (χ0) is 9.52. The molecule has 1 aromatic rings. The van der Waals surface area contributed by atoms with Gasteiger partial charge in [-0.25, -0.2) is 0 Å². The topological polar surface area (TPSA) is 18.5 Å². The molecule has 0 unspecified atom stereocenters. The molecule has 0 fully saturated rings. The summed E-state index contributed by atoms with van der Waals surface area (Å²) in [5.74, 6) is 1.87. The summed E-state index contributed by atoms with van der Waals surface area (Å²) < 4.78 is 10.0. The first-order valence-electron chi connectivity index (χ1n) is 4.15. The molecule has 0 aliphatic carbocycles. The maximum absolute atomic E-state index is 5.01. The summed E-state index contributed by atoms with van der Waals surface area (Å²) in [6.45, 7) is 0. The lowest BCUT2D eigenvalue weighted by molar-refractivity contribution is 0.291. The van der Waals surface area contributed by atoms with Gasteiger partial charge in [-0.2, -0.15) is 0 Å². The summed E-state index contributed by atoms with van der Waals surface area (Å²) in [5.41, 5.74) is 1.14. The van der Waals surface area contributed by atoms with Crippen molar-refractivity contribution >= 4 is 13.2 Å². The smallest absolute Gasteiger partial charge is 0.410 e. The molecule has 0 aromatic heterocycles. The van der Waals surface area contributed by atoms with E-state index in [2.05, 4.69) is 0 Å². The molecule has 0 heterocycles. The monoisotopic (exact) mass is 176 g/mol. The molecule has 1 aromatic carbocycles. The quantitative estimate of drug-likeness (QED) is 0.653. The van der Waals surface area contributed by atoms with E-state index in [0.29, 0.717) is 0 Å². The fourth-order valence-corrected chi connectivity index (χ4v) is 1.01. The maximum atomic E-state index is 5.01. The van der Waals surface area contributed by atoms with Crippen molar-refractivity contribution in [2.45, 2.75) is 0 Å². The Hall–Kier alpha value is -1.06. The van der Waals surface area contributed by atoms with Crippen LogP contribution < -0.4 is 0 Å². The molecule has 0 aliphatic rings. The second kappa shape index (κ2) is 5.57. The van der Waals surface area contributed by atoms with Gasteiger partial charge < -0.3 is 9.31 Å². The van der Waals surface area contributed by atoms with E-state index < -0.39 is 0 Å². The normalized spacial score (nSPS) is 10.6. The molecule has 68 valence electrons. The van der Waals surface area contributed by atoms with E-state index in [1.807, 2.05) is 42.4 Å². The Morgan fingerprint density at radius 2 is 1.69 bits per heavy atom. The summed E-state index contributed by atoms with van der Waals surface area (Å²) in [6, 6.07) is 10.0. The highest BCUT2D eigenvalue weighted by atomic mass is 16.6. The Bertz CT molecular complexity index is 255. The Balaban J connectivity index is 2.57. The zero-order valence-electron chi connectivity index (χ0n) is 7.94.